The van der Waals surface area contributed by atoms with Crippen molar-refractivity contribution in [3.05, 3.63) is 28.8 Å². The Morgan fingerprint density at radius 1 is 1.29 bits per heavy atom. The van der Waals surface area contributed by atoms with E-state index >= 15 is 0 Å². The van der Waals surface area contributed by atoms with Crippen LogP contribution in [0.2, 0.25) is 5.02 Å². The van der Waals surface area contributed by atoms with E-state index in [0.29, 0.717) is 42.2 Å². The van der Waals surface area contributed by atoms with Crippen LogP contribution in [0.25, 0.3) is 0 Å². The quantitative estimate of drug-likeness (QED) is 0.800. The lowest BCUT2D eigenvalue weighted by Crippen LogP contribution is -2.45. The highest BCUT2D eigenvalue weighted by Crippen LogP contribution is 2.23. The molecule has 2 rings (SSSR count). The van der Waals surface area contributed by atoms with Crippen LogP contribution in [0, 0.1) is 0 Å². The molecule has 0 bridgehead atoms. The maximum atomic E-state index is 12.5. The van der Waals surface area contributed by atoms with Crippen molar-refractivity contribution < 1.29 is 14.3 Å². The van der Waals surface area contributed by atoms with Crippen LogP contribution in [0.3, 0.4) is 0 Å². The molecular formula is C17H24ClN3O3. The predicted molar refractivity (Wildman–Crippen MR) is 94.2 cm³/mol. The van der Waals surface area contributed by atoms with Gasteiger partial charge >= 0.3 is 6.09 Å². The van der Waals surface area contributed by atoms with Crippen molar-refractivity contribution in [2.45, 2.75) is 45.3 Å². The van der Waals surface area contributed by atoms with Gasteiger partial charge in [-0.15, -0.1) is 0 Å². The summed E-state index contributed by atoms with van der Waals surface area (Å²) in [4.78, 5) is 26.0. The van der Waals surface area contributed by atoms with Crippen LogP contribution < -0.4 is 11.1 Å². The lowest BCUT2D eigenvalue weighted by atomic mass is 10.1. The number of halogens is 1. The summed E-state index contributed by atoms with van der Waals surface area (Å²) in [6.07, 6.45) is 0.610. The molecule has 6 nitrogen and oxygen atoms in total. The van der Waals surface area contributed by atoms with Gasteiger partial charge in [-0.1, -0.05) is 11.6 Å². The molecule has 2 amide bonds. The Hall–Kier alpha value is -1.95. The second kappa shape index (κ2) is 7.30. The largest absolute Gasteiger partial charge is 0.446 e. The van der Waals surface area contributed by atoms with Gasteiger partial charge in [-0.3, -0.25) is 4.79 Å². The first kappa shape index (κ1) is 18.4. The zero-order valence-electron chi connectivity index (χ0n) is 14.3. The molecule has 7 heteroatoms. The molecular weight excluding hydrogens is 330 g/mol. The minimum atomic E-state index is -0.422. The van der Waals surface area contributed by atoms with E-state index < -0.39 is 6.09 Å². The SMILES string of the molecule is CC(C)(C)NC(=O)OC1CCN(C(=O)c2ccc(N)cc2Cl)CC1. The number of nitrogen functional groups attached to an aromatic ring is 1. The van der Waals surface area contributed by atoms with Crippen molar-refractivity contribution >= 4 is 29.3 Å². The van der Waals surface area contributed by atoms with E-state index in [1.54, 1.807) is 23.1 Å². The molecule has 0 spiro atoms. The fraction of sp³-hybridized carbons (Fsp3) is 0.529. The molecule has 1 fully saturated rings. The average molecular weight is 354 g/mol. The second-order valence-electron chi connectivity index (χ2n) is 7.01. The molecule has 24 heavy (non-hydrogen) atoms. The number of nitrogens with zero attached hydrogens (tertiary/aromatic N) is 1. The highest BCUT2D eigenvalue weighted by Gasteiger charge is 2.27. The molecule has 0 saturated carbocycles. The van der Waals surface area contributed by atoms with Gasteiger partial charge in [0.2, 0.25) is 0 Å². The normalized spacial score (nSPS) is 15.9. The number of hydrogen-bond acceptors (Lipinski definition) is 4. The number of amides is 2. The number of alkyl carbamates (subject to hydrolysis) is 1. The molecule has 1 aliphatic rings. The Morgan fingerprint density at radius 2 is 1.92 bits per heavy atom. The van der Waals surface area contributed by atoms with Crippen molar-refractivity contribution in [3.8, 4) is 0 Å². The summed E-state index contributed by atoms with van der Waals surface area (Å²) in [5, 5.41) is 3.12. The zero-order valence-corrected chi connectivity index (χ0v) is 15.0. The minimum absolute atomic E-state index is 0.127. The van der Waals surface area contributed by atoms with E-state index in [9.17, 15) is 9.59 Å². The van der Waals surface area contributed by atoms with Gasteiger partial charge in [0, 0.05) is 37.2 Å². The van der Waals surface area contributed by atoms with Crippen molar-refractivity contribution in [2.75, 3.05) is 18.8 Å². The third kappa shape index (κ3) is 5.03. The number of ether oxygens (including phenoxy) is 1. The third-order valence-electron chi connectivity index (χ3n) is 3.70. The maximum Gasteiger partial charge on any atom is 0.407 e. The van der Waals surface area contributed by atoms with Crippen molar-refractivity contribution in [2.24, 2.45) is 0 Å². The molecule has 1 aromatic rings. The number of hydrogen-bond donors (Lipinski definition) is 2. The third-order valence-corrected chi connectivity index (χ3v) is 4.02. The number of carbonyl (C=O) groups is 2. The molecule has 0 unspecified atom stereocenters. The van der Waals surface area contributed by atoms with E-state index in [-0.39, 0.29) is 17.6 Å². The van der Waals surface area contributed by atoms with Crippen LogP contribution in [0.4, 0.5) is 10.5 Å². The number of carbonyl (C=O) groups excluding carboxylic acids is 2. The summed E-state index contributed by atoms with van der Waals surface area (Å²) < 4.78 is 5.41. The lowest BCUT2D eigenvalue weighted by Gasteiger charge is -2.32. The smallest absolute Gasteiger partial charge is 0.407 e. The Balaban J connectivity index is 1.88. The first-order chi connectivity index (χ1) is 11.2. The molecule has 132 valence electrons. The van der Waals surface area contributed by atoms with Gasteiger partial charge in [0.1, 0.15) is 6.10 Å². The molecule has 0 atom stereocenters. The molecule has 1 saturated heterocycles. The van der Waals surface area contributed by atoms with Crippen LogP contribution >= 0.6 is 11.6 Å². The van der Waals surface area contributed by atoms with Gasteiger partial charge in [-0.05, 0) is 39.0 Å². The summed E-state index contributed by atoms with van der Waals surface area (Å²) >= 11 is 6.10. The van der Waals surface area contributed by atoms with Crippen molar-refractivity contribution in [1.29, 1.82) is 0 Å². The highest BCUT2D eigenvalue weighted by molar-refractivity contribution is 6.34. The molecule has 0 radical (unpaired) electrons. The number of piperidine rings is 1. The number of nitrogens with two attached hydrogens (primary N) is 1. The standard InChI is InChI=1S/C17H24ClN3O3/c1-17(2,3)20-16(23)24-12-6-8-21(9-7-12)15(22)13-5-4-11(19)10-14(13)18/h4-5,10,12H,6-9,19H2,1-3H3,(H,20,23). The number of nitrogens with one attached hydrogen (secondary N) is 1. The molecule has 3 N–H and O–H groups in total. The first-order valence-corrected chi connectivity index (χ1v) is 8.36. The van der Waals surface area contributed by atoms with Gasteiger partial charge < -0.3 is 20.7 Å². The van der Waals surface area contributed by atoms with Crippen LogP contribution in [0.5, 0.6) is 0 Å². The fourth-order valence-corrected chi connectivity index (χ4v) is 2.81. The Morgan fingerprint density at radius 3 is 2.46 bits per heavy atom. The van der Waals surface area contributed by atoms with Gasteiger partial charge in [0.25, 0.3) is 5.91 Å². The summed E-state index contributed by atoms with van der Waals surface area (Å²) in [6, 6.07) is 4.87. The topological polar surface area (TPSA) is 84.7 Å². The van der Waals surface area contributed by atoms with E-state index in [4.69, 9.17) is 22.1 Å². The number of likely N-dealkylation sites (tertiary alicyclic amines) is 1. The van der Waals surface area contributed by atoms with Crippen LogP contribution in [-0.2, 0) is 4.74 Å². The van der Waals surface area contributed by atoms with Crippen LogP contribution in [0.15, 0.2) is 18.2 Å². The van der Waals surface area contributed by atoms with Crippen LogP contribution in [0.1, 0.15) is 44.0 Å². The Kier molecular flexibility index (Phi) is 5.59. The summed E-state index contributed by atoms with van der Waals surface area (Å²) in [5.41, 5.74) is 6.28. The molecule has 0 aromatic heterocycles. The van der Waals surface area contributed by atoms with Gasteiger partial charge in [0.15, 0.2) is 0 Å². The van der Waals surface area contributed by atoms with E-state index in [0.717, 1.165) is 0 Å². The van der Waals surface area contributed by atoms with Crippen LogP contribution in [-0.4, -0.2) is 41.6 Å². The molecule has 0 aliphatic carbocycles. The number of rotatable bonds is 2. The Bertz CT molecular complexity index is 620. The maximum absolute atomic E-state index is 12.5. The predicted octanol–water partition coefficient (Wildman–Crippen LogP) is 3.05. The number of benzene rings is 1. The molecule has 1 heterocycles. The average Bonchev–Trinajstić information content (AvgIpc) is 2.45. The zero-order chi connectivity index (χ0) is 17.9. The lowest BCUT2D eigenvalue weighted by molar-refractivity contribution is 0.0404. The van der Waals surface area contributed by atoms with Gasteiger partial charge in [-0.25, -0.2) is 4.79 Å². The second-order valence-corrected chi connectivity index (χ2v) is 7.42. The van der Waals surface area contributed by atoms with E-state index in [1.165, 1.54) is 0 Å². The van der Waals surface area contributed by atoms with E-state index in [2.05, 4.69) is 5.32 Å². The Labute approximate surface area is 147 Å². The van der Waals surface area contributed by atoms with Gasteiger partial charge in [0.05, 0.1) is 10.6 Å². The first-order valence-electron chi connectivity index (χ1n) is 7.99. The fourth-order valence-electron chi connectivity index (χ4n) is 2.54. The number of anilines is 1. The van der Waals surface area contributed by atoms with Crippen molar-refractivity contribution in [3.63, 3.8) is 0 Å². The highest BCUT2D eigenvalue weighted by atomic mass is 35.5. The summed E-state index contributed by atoms with van der Waals surface area (Å²) in [7, 11) is 0. The minimum Gasteiger partial charge on any atom is -0.446 e. The monoisotopic (exact) mass is 353 g/mol. The van der Waals surface area contributed by atoms with Gasteiger partial charge in [-0.2, -0.15) is 0 Å². The summed E-state index contributed by atoms with van der Waals surface area (Å²) in [5.74, 6) is -0.127. The van der Waals surface area contributed by atoms with Crippen molar-refractivity contribution in [1.82, 2.24) is 10.2 Å². The molecule has 1 aliphatic heterocycles. The summed E-state index contributed by atoms with van der Waals surface area (Å²) in [6.45, 7) is 6.73. The molecule has 1 aromatic carbocycles. The van der Waals surface area contributed by atoms with E-state index in [1.807, 2.05) is 20.8 Å².